The van der Waals surface area contributed by atoms with Gasteiger partial charge < -0.3 is 9.67 Å². The van der Waals surface area contributed by atoms with Crippen LogP contribution in [-0.4, -0.2) is 30.5 Å². The van der Waals surface area contributed by atoms with Gasteiger partial charge in [0.25, 0.3) is 5.56 Å². The Hall–Kier alpha value is -3.77. The molecule has 5 rings (SSSR count). The van der Waals surface area contributed by atoms with Crippen molar-refractivity contribution in [2.75, 3.05) is 0 Å². The van der Waals surface area contributed by atoms with Gasteiger partial charge in [-0.15, -0.1) is 0 Å². The molecule has 0 bridgehead atoms. The molecule has 0 aliphatic rings. The van der Waals surface area contributed by atoms with E-state index in [9.17, 15) is 9.90 Å². The maximum absolute atomic E-state index is 13.3. The molecule has 172 valence electrons. The lowest BCUT2D eigenvalue weighted by atomic mass is 9.99. The van der Waals surface area contributed by atoms with E-state index in [1.807, 2.05) is 42.7 Å². The second kappa shape index (κ2) is 8.54. The summed E-state index contributed by atoms with van der Waals surface area (Å²) in [5, 5.41) is 17.1. The Bertz CT molecular complexity index is 1600. The zero-order valence-electron chi connectivity index (χ0n) is 19.9. The highest BCUT2D eigenvalue weighted by atomic mass is 16.3. The number of hydrogen-bond acceptors (Lipinski definition) is 4. The normalized spacial score (nSPS) is 12.5. The number of aromatic nitrogens is 4. The Balaban J connectivity index is 1.54. The van der Waals surface area contributed by atoms with Crippen LogP contribution >= 0.6 is 0 Å². The lowest BCUT2D eigenvalue weighted by Crippen LogP contribution is -2.31. The van der Waals surface area contributed by atoms with Gasteiger partial charge in [-0.3, -0.25) is 4.79 Å². The third kappa shape index (κ3) is 3.90. The highest BCUT2D eigenvalue weighted by Gasteiger charge is 2.17. The fourth-order valence-electron chi connectivity index (χ4n) is 4.49. The Labute approximate surface area is 198 Å². The van der Waals surface area contributed by atoms with E-state index in [-0.39, 0.29) is 12.1 Å². The average molecular weight is 453 g/mol. The van der Waals surface area contributed by atoms with E-state index >= 15 is 0 Å². The SMILES string of the molecule is Cc1ccc(C)c(-c2nn(CC(O)Cn3cnc4cc(C)c(C)cc43)c(=O)c3ccccc23)c1. The van der Waals surface area contributed by atoms with Crippen molar-refractivity contribution >= 4 is 21.8 Å². The molecule has 0 amide bonds. The molecule has 5 aromatic rings. The molecule has 0 radical (unpaired) electrons. The predicted molar refractivity (Wildman–Crippen MR) is 136 cm³/mol. The van der Waals surface area contributed by atoms with E-state index in [2.05, 4.69) is 49.2 Å². The Morgan fingerprint density at radius 1 is 0.882 bits per heavy atom. The molecule has 0 spiro atoms. The number of aryl methyl sites for hydroxylation is 4. The van der Waals surface area contributed by atoms with Crippen LogP contribution < -0.4 is 5.56 Å². The molecule has 6 heteroatoms. The van der Waals surface area contributed by atoms with Crippen molar-refractivity contribution in [1.82, 2.24) is 19.3 Å². The number of benzene rings is 3. The number of rotatable bonds is 5. The van der Waals surface area contributed by atoms with Crippen LogP contribution in [0, 0.1) is 27.7 Å². The molecule has 6 nitrogen and oxygen atoms in total. The summed E-state index contributed by atoms with van der Waals surface area (Å²) in [6, 6.07) is 17.9. The van der Waals surface area contributed by atoms with Gasteiger partial charge in [0.15, 0.2) is 0 Å². The second-order valence-electron chi connectivity index (χ2n) is 9.18. The fraction of sp³-hybridized carbons (Fsp3) is 0.250. The molecule has 34 heavy (non-hydrogen) atoms. The van der Waals surface area contributed by atoms with Gasteiger partial charge in [-0.2, -0.15) is 5.10 Å². The van der Waals surface area contributed by atoms with Crippen LogP contribution in [0.3, 0.4) is 0 Å². The lowest BCUT2D eigenvalue weighted by Gasteiger charge is -2.17. The maximum atomic E-state index is 13.3. The van der Waals surface area contributed by atoms with Crippen molar-refractivity contribution in [2.45, 2.75) is 46.9 Å². The average Bonchev–Trinajstić information content (AvgIpc) is 3.18. The van der Waals surface area contributed by atoms with Gasteiger partial charge in [0, 0.05) is 10.9 Å². The smallest absolute Gasteiger partial charge is 0.274 e. The molecule has 0 saturated carbocycles. The van der Waals surface area contributed by atoms with Crippen LogP contribution in [0.5, 0.6) is 0 Å². The first-order chi connectivity index (χ1) is 16.3. The van der Waals surface area contributed by atoms with Crippen LogP contribution in [0.1, 0.15) is 22.3 Å². The van der Waals surface area contributed by atoms with E-state index in [1.54, 1.807) is 6.33 Å². The zero-order chi connectivity index (χ0) is 24.0. The number of fused-ring (bicyclic) bond motifs is 2. The van der Waals surface area contributed by atoms with Crippen LogP contribution in [0.15, 0.2) is 65.7 Å². The van der Waals surface area contributed by atoms with E-state index in [0.29, 0.717) is 11.9 Å². The summed E-state index contributed by atoms with van der Waals surface area (Å²) < 4.78 is 3.34. The Morgan fingerprint density at radius 3 is 2.41 bits per heavy atom. The third-order valence-electron chi connectivity index (χ3n) is 6.54. The highest BCUT2D eigenvalue weighted by Crippen LogP contribution is 2.28. The summed E-state index contributed by atoms with van der Waals surface area (Å²) in [4.78, 5) is 17.7. The van der Waals surface area contributed by atoms with Crippen molar-refractivity contribution in [2.24, 2.45) is 0 Å². The minimum absolute atomic E-state index is 0.0893. The standard InChI is InChI=1S/C28H28N4O2/c1-17-9-10-18(2)24(11-17)27-22-7-5-6-8-23(22)28(34)32(30-27)15-21(33)14-31-16-29-25-12-19(3)20(4)13-26(25)31/h5-13,16,21,33H,14-15H2,1-4H3. The van der Waals surface area contributed by atoms with E-state index in [4.69, 9.17) is 5.10 Å². The molecule has 1 N–H and O–H groups in total. The van der Waals surface area contributed by atoms with Crippen molar-refractivity contribution < 1.29 is 5.11 Å². The molecular formula is C28H28N4O2. The Kier molecular flexibility index (Phi) is 5.54. The lowest BCUT2D eigenvalue weighted by molar-refractivity contribution is 0.130. The first-order valence-corrected chi connectivity index (χ1v) is 11.5. The van der Waals surface area contributed by atoms with Crippen LogP contribution in [0.25, 0.3) is 33.1 Å². The fourth-order valence-corrected chi connectivity index (χ4v) is 4.49. The summed E-state index contributed by atoms with van der Waals surface area (Å²) >= 11 is 0. The predicted octanol–water partition coefficient (Wildman–Crippen LogP) is 4.71. The van der Waals surface area contributed by atoms with Gasteiger partial charge in [-0.1, -0.05) is 35.9 Å². The summed E-state index contributed by atoms with van der Waals surface area (Å²) in [5.41, 5.74) is 7.98. The molecule has 0 aliphatic carbocycles. The maximum Gasteiger partial charge on any atom is 0.274 e. The van der Waals surface area contributed by atoms with E-state index < -0.39 is 6.10 Å². The molecule has 0 aliphatic heterocycles. The molecule has 1 atom stereocenters. The minimum atomic E-state index is -0.808. The van der Waals surface area contributed by atoms with Crippen molar-refractivity contribution in [3.05, 3.63) is 93.5 Å². The van der Waals surface area contributed by atoms with Crippen LogP contribution in [0.4, 0.5) is 0 Å². The molecule has 0 fully saturated rings. The van der Waals surface area contributed by atoms with Crippen LogP contribution in [-0.2, 0) is 13.1 Å². The van der Waals surface area contributed by atoms with E-state index in [1.165, 1.54) is 15.8 Å². The van der Waals surface area contributed by atoms with Gasteiger partial charge >= 0.3 is 0 Å². The monoisotopic (exact) mass is 452 g/mol. The third-order valence-corrected chi connectivity index (χ3v) is 6.54. The van der Waals surface area contributed by atoms with Crippen LogP contribution in [0.2, 0.25) is 0 Å². The summed E-state index contributed by atoms with van der Waals surface area (Å²) in [6.07, 6.45) is 0.932. The van der Waals surface area contributed by atoms with E-state index in [0.717, 1.165) is 38.8 Å². The van der Waals surface area contributed by atoms with Gasteiger partial charge in [0.2, 0.25) is 0 Å². The largest absolute Gasteiger partial charge is 0.389 e. The molecule has 2 heterocycles. The quantitative estimate of drug-likeness (QED) is 0.419. The topological polar surface area (TPSA) is 72.9 Å². The number of nitrogens with zero attached hydrogens (tertiary/aromatic N) is 4. The highest BCUT2D eigenvalue weighted by molar-refractivity contribution is 5.94. The number of aliphatic hydroxyl groups excluding tert-OH is 1. The molecule has 3 aromatic carbocycles. The first-order valence-electron chi connectivity index (χ1n) is 11.5. The number of imidazole rings is 1. The van der Waals surface area contributed by atoms with Crippen molar-refractivity contribution in [3.8, 4) is 11.3 Å². The molecule has 0 saturated heterocycles. The summed E-state index contributed by atoms with van der Waals surface area (Å²) in [6.45, 7) is 8.63. The summed E-state index contributed by atoms with van der Waals surface area (Å²) in [7, 11) is 0. The number of hydrogen-bond donors (Lipinski definition) is 1. The van der Waals surface area contributed by atoms with Gasteiger partial charge in [0.05, 0.1) is 47.6 Å². The minimum Gasteiger partial charge on any atom is -0.389 e. The van der Waals surface area contributed by atoms with Crippen molar-refractivity contribution in [3.63, 3.8) is 0 Å². The first kappa shape index (κ1) is 22.0. The Morgan fingerprint density at radius 2 is 1.62 bits per heavy atom. The van der Waals surface area contributed by atoms with Gasteiger partial charge in [0.1, 0.15) is 0 Å². The molecule has 1 unspecified atom stereocenters. The summed E-state index contributed by atoms with van der Waals surface area (Å²) in [5.74, 6) is 0. The zero-order valence-corrected chi connectivity index (χ0v) is 19.9. The molecular weight excluding hydrogens is 424 g/mol. The molecule has 2 aromatic heterocycles. The van der Waals surface area contributed by atoms with Gasteiger partial charge in [-0.05, 0) is 68.7 Å². The second-order valence-corrected chi connectivity index (χ2v) is 9.18. The van der Waals surface area contributed by atoms with Crippen molar-refractivity contribution in [1.29, 1.82) is 0 Å². The number of aliphatic hydroxyl groups is 1. The van der Waals surface area contributed by atoms with Gasteiger partial charge in [-0.25, -0.2) is 9.67 Å².